The van der Waals surface area contributed by atoms with E-state index in [9.17, 15) is 0 Å². The van der Waals surface area contributed by atoms with Crippen molar-refractivity contribution in [3.8, 4) is 5.75 Å². The van der Waals surface area contributed by atoms with Crippen LogP contribution in [-0.2, 0) is 13.1 Å². The monoisotopic (exact) mass is 250 g/mol. The Kier molecular flexibility index (Phi) is 6.16. The molecule has 0 saturated heterocycles. The molecule has 1 aromatic rings. The Hall–Kier alpha value is -1.06. The van der Waals surface area contributed by atoms with Gasteiger partial charge in [0.05, 0.1) is 7.11 Å². The number of rotatable bonds is 7. The smallest absolute Gasteiger partial charge is 0.123 e. The van der Waals surface area contributed by atoms with Crippen molar-refractivity contribution in [2.75, 3.05) is 20.7 Å². The molecule has 0 spiro atoms. The van der Waals surface area contributed by atoms with E-state index in [1.54, 1.807) is 7.11 Å². The summed E-state index contributed by atoms with van der Waals surface area (Å²) in [5.41, 5.74) is 8.00. The fourth-order valence-electron chi connectivity index (χ4n) is 1.93. The minimum atomic E-state index is 0.520. The van der Waals surface area contributed by atoms with Gasteiger partial charge in [0.15, 0.2) is 0 Å². The molecular weight excluding hydrogens is 224 g/mol. The van der Waals surface area contributed by atoms with E-state index in [0.29, 0.717) is 6.54 Å². The minimum absolute atomic E-state index is 0.520. The van der Waals surface area contributed by atoms with E-state index in [2.05, 4.69) is 44.0 Å². The van der Waals surface area contributed by atoms with Gasteiger partial charge in [-0.05, 0) is 37.6 Å². The van der Waals surface area contributed by atoms with E-state index >= 15 is 0 Å². The maximum atomic E-state index is 5.67. The molecule has 0 aliphatic carbocycles. The fourth-order valence-corrected chi connectivity index (χ4v) is 1.93. The van der Waals surface area contributed by atoms with Gasteiger partial charge in [0.25, 0.3) is 0 Å². The summed E-state index contributed by atoms with van der Waals surface area (Å²) in [4.78, 5) is 2.34. The van der Waals surface area contributed by atoms with Gasteiger partial charge in [0.2, 0.25) is 0 Å². The summed E-state index contributed by atoms with van der Waals surface area (Å²) in [5.74, 6) is 1.65. The predicted molar refractivity (Wildman–Crippen MR) is 76.7 cm³/mol. The van der Waals surface area contributed by atoms with Gasteiger partial charge in [-0.3, -0.25) is 0 Å². The number of ether oxygens (including phenoxy) is 1. The quantitative estimate of drug-likeness (QED) is 0.808. The minimum Gasteiger partial charge on any atom is -0.496 e. The zero-order valence-electron chi connectivity index (χ0n) is 12.1. The van der Waals surface area contributed by atoms with Crippen LogP contribution in [0.4, 0.5) is 0 Å². The van der Waals surface area contributed by atoms with Gasteiger partial charge in [-0.2, -0.15) is 0 Å². The largest absolute Gasteiger partial charge is 0.496 e. The first-order valence-corrected chi connectivity index (χ1v) is 6.61. The Morgan fingerprint density at radius 3 is 2.61 bits per heavy atom. The van der Waals surface area contributed by atoms with Crippen molar-refractivity contribution in [3.63, 3.8) is 0 Å². The second-order valence-corrected chi connectivity index (χ2v) is 5.27. The normalized spacial score (nSPS) is 11.3. The van der Waals surface area contributed by atoms with Crippen molar-refractivity contribution in [2.45, 2.75) is 33.4 Å². The highest BCUT2D eigenvalue weighted by Gasteiger charge is 2.06. The van der Waals surface area contributed by atoms with E-state index in [1.165, 1.54) is 12.0 Å². The van der Waals surface area contributed by atoms with Crippen molar-refractivity contribution in [2.24, 2.45) is 11.7 Å². The molecule has 0 aromatic heterocycles. The molecule has 18 heavy (non-hydrogen) atoms. The second kappa shape index (κ2) is 7.39. The summed E-state index contributed by atoms with van der Waals surface area (Å²) < 4.78 is 5.36. The maximum Gasteiger partial charge on any atom is 0.123 e. The van der Waals surface area contributed by atoms with Crippen LogP contribution in [0.15, 0.2) is 18.2 Å². The summed E-state index contributed by atoms with van der Waals surface area (Å²) >= 11 is 0. The first kappa shape index (κ1) is 15.0. The molecule has 0 unspecified atom stereocenters. The molecule has 0 aliphatic rings. The third-order valence-corrected chi connectivity index (χ3v) is 3.11. The van der Waals surface area contributed by atoms with Gasteiger partial charge in [-0.15, -0.1) is 0 Å². The average Bonchev–Trinajstić information content (AvgIpc) is 2.36. The summed E-state index contributed by atoms with van der Waals surface area (Å²) in [6, 6.07) is 6.29. The molecule has 2 N–H and O–H groups in total. The molecule has 0 atom stereocenters. The van der Waals surface area contributed by atoms with Crippen LogP contribution in [0.2, 0.25) is 0 Å². The van der Waals surface area contributed by atoms with Crippen LogP contribution in [0.3, 0.4) is 0 Å². The van der Waals surface area contributed by atoms with E-state index in [-0.39, 0.29) is 0 Å². The van der Waals surface area contributed by atoms with Gasteiger partial charge in [-0.25, -0.2) is 0 Å². The highest BCUT2D eigenvalue weighted by Crippen LogP contribution is 2.20. The zero-order valence-corrected chi connectivity index (χ0v) is 12.1. The number of nitrogens with two attached hydrogens (primary N) is 1. The Labute approximate surface area is 111 Å². The summed E-state index contributed by atoms with van der Waals surface area (Å²) in [5, 5.41) is 0. The maximum absolute atomic E-state index is 5.67. The second-order valence-electron chi connectivity index (χ2n) is 5.27. The molecule has 3 heteroatoms. The number of hydrogen-bond acceptors (Lipinski definition) is 3. The standard InChI is InChI=1S/C15H26N2O/c1-12(2)7-8-17(3)11-13-5-6-14(10-16)15(9-13)18-4/h5-6,9,12H,7-8,10-11,16H2,1-4H3. The van der Waals surface area contributed by atoms with E-state index in [1.807, 2.05) is 0 Å². The molecule has 0 fully saturated rings. The van der Waals surface area contributed by atoms with Gasteiger partial charge in [0.1, 0.15) is 5.75 Å². The lowest BCUT2D eigenvalue weighted by atomic mass is 10.1. The Balaban J connectivity index is 2.61. The molecule has 0 saturated carbocycles. The van der Waals surface area contributed by atoms with Gasteiger partial charge >= 0.3 is 0 Å². The van der Waals surface area contributed by atoms with Crippen LogP contribution in [0, 0.1) is 5.92 Å². The SMILES string of the molecule is COc1cc(CN(C)CCC(C)C)ccc1CN. The molecule has 0 bridgehead atoms. The zero-order chi connectivity index (χ0) is 13.5. The van der Waals surface area contributed by atoms with Crippen LogP contribution in [0.5, 0.6) is 5.75 Å². The fraction of sp³-hybridized carbons (Fsp3) is 0.600. The Bertz CT molecular complexity index is 364. The highest BCUT2D eigenvalue weighted by molar-refractivity contribution is 5.37. The first-order valence-electron chi connectivity index (χ1n) is 6.61. The number of benzene rings is 1. The summed E-state index contributed by atoms with van der Waals surface area (Å²) in [7, 11) is 3.85. The van der Waals surface area contributed by atoms with Crippen molar-refractivity contribution in [3.05, 3.63) is 29.3 Å². The molecule has 0 aliphatic heterocycles. The lowest BCUT2D eigenvalue weighted by Crippen LogP contribution is -2.20. The van der Waals surface area contributed by atoms with Crippen molar-refractivity contribution < 1.29 is 4.74 Å². The van der Waals surface area contributed by atoms with Crippen molar-refractivity contribution in [1.29, 1.82) is 0 Å². The molecule has 1 aromatic carbocycles. The van der Waals surface area contributed by atoms with Crippen LogP contribution >= 0.6 is 0 Å². The highest BCUT2D eigenvalue weighted by atomic mass is 16.5. The van der Waals surface area contributed by atoms with Crippen molar-refractivity contribution >= 4 is 0 Å². The van der Waals surface area contributed by atoms with Crippen LogP contribution in [0.25, 0.3) is 0 Å². The van der Waals surface area contributed by atoms with E-state index in [4.69, 9.17) is 10.5 Å². The first-order chi connectivity index (χ1) is 8.56. The van der Waals surface area contributed by atoms with Crippen LogP contribution in [-0.4, -0.2) is 25.6 Å². The molecule has 1 rings (SSSR count). The van der Waals surface area contributed by atoms with Crippen LogP contribution < -0.4 is 10.5 Å². The predicted octanol–water partition coefficient (Wildman–Crippen LogP) is 2.63. The lowest BCUT2D eigenvalue weighted by molar-refractivity contribution is 0.303. The molecule has 102 valence electrons. The lowest BCUT2D eigenvalue weighted by Gasteiger charge is -2.18. The van der Waals surface area contributed by atoms with Crippen molar-refractivity contribution in [1.82, 2.24) is 4.90 Å². The number of hydrogen-bond donors (Lipinski definition) is 1. The summed E-state index contributed by atoms with van der Waals surface area (Å²) in [6.07, 6.45) is 1.23. The molecular formula is C15H26N2O. The number of nitrogens with zero attached hydrogens (tertiary/aromatic N) is 1. The molecule has 3 nitrogen and oxygen atoms in total. The number of methoxy groups -OCH3 is 1. The molecule has 0 radical (unpaired) electrons. The van der Waals surface area contributed by atoms with Crippen LogP contribution in [0.1, 0.15) is 31.4 Å². The Morgan fingerprint density at radius 1 is 1.33 bits per heavy atom. The third-order valence-electron chi connectivity index (χ3n) is 3.11. The molecule has 0 amide bonds. The van der Waals surface area contributed by atoms with E-state index in [0.717, 1.165) is 30.3 Å². The van der Waals surface area contributed by atoms with Gasteiger partial charge in [0, 0.05) is 18.7 Å². The third kappa shape index (κ3) is 4.67. The van der Waals surface area contributed by atoms with E-state index < -0.39 is 0 Å². The molecule has 0 heterocycles. The van der Waals surface area contributed by atoms with Gasteiger partial charge in [-0.1, -0.05) is 26.0 Å². The Morgan fingerprint density at radius 2 is 2.06 bits per heavy atom. The topological polar surface area (TPSA) is 38.5 Å². The average molecular weight is 250 g/mol. The summed E-state index contributed by atoms with van der Waals surface area (Å²) in [6.45, 7) is 7.11. The van der Waals surface area contributed by atoms with Gasteiger partial charge < -0.3 is 15.4 Å².